The van der Waals surface area contributed by atoms with Gasteiger partial charge in [0.2, 0.25) is 0 Å². The third-order valence-electron chi connectivity index (χ3n) is 2.36. The first-order valence-corrected chi connectivity index (χ1v) is 4.18. The van der Waals surface area contributed by atoms with E-state index in [9.17, 15) is 0 Å². The second-order valence-corrected chi connectivity index (χ2v) is 3.24. The van der Waals surface area contributed by atoms with Crippen molar-refractivity contribution in [1.82, 2.24) is 0 Å². The van der Waals surface area contributed by atoms with Crippen LogP contribution in [0.2, 0.25) is 0 Å². The quantitative estimate of drug-likeness (QED) is 0.454. The molecule has 1 aliphatic carbocycles. The van der Waals surface area contributed by atoms with Gasteiger partial charge in [-0.2, -0.15) is 5.10 Å². The van der Waals surface area contributed by atoms with E-state index in [1.165, 1.54) is 16.7 Å². The molecule has 0 atom stereocenters. The minimum Gasteiger partial charge on any atom is -0.323 e. The predicted molar refractivity (Wildman–Crippen MR) is 50.2 cm³/mol. The van der Waals surface area contributed by atoms with Crippen LogP contribution < -0.4 is 5.84 Å². The van der Waals surface area contributed by atoms with Crippen LogP contribution in [0.3, 0.4) is 0 Å². The van der Waals surface area contributed by atoms with Crippen molar-refractivity contribution in [3.63, 3.8) is 0 Å². The fourth-order valence-electron chi connectivity index (χ4n) is 1.70. The maximum atomic E-state index is 5.29. The largest absolute Gasteiger partial charge is 0.323 e. The predicted octanol–water partition coefficient (Wildman–Crippen LogP) is 1.60. The molecule has 0 spiro atoms. The smallest absolute Gasteiger partial charge is 0.0678 e. The molecule has 0 saturated heterocycles. The molecule has 2 nitrogen and oxygen atoms in total. The summed E-state index contributed by atoms with van der Waals surface area (Å²) in [5.74, 6) is 5.29. The maximum absolute atomic E-state index is 5.29. The molecule has 0 saturated carbocycles. The lowest BCUT2D eigenvalue weighted by Gasteiger charge is -1.99. The van der Waals surface area contributed by atoms with Crippen molar-refractivity contribution in [3.05, 3.63) is 34.9 Å². The van der Waals surface area contributed by atoms with E-state index in [4.69, 9.17) is 5.84 Å². The summed E-state index contributed by atoms with van der Waals surface area (Å²) in [6, 6.07) is 6.47. The van der Waals surface area contributed by atoms with Crippen LogP contribution in [-0.2, 0) is 6.42 Å². The molecule has 1 aromatic rings. The molecular formula is C10H12N2. The Morgan fingerprint density at radius 1 is 1.33 bits per heavy atom. The summed E-state index contributed by atoms with van der Waals surface area (Å²) in [4.78, 5) is 0. The molecule has 0 aromatic heterocycles. The highest BCUT2D eigenvalue weighted by Crippen LogP contribution is 2.22. The molecule has 2 N–H and O–H groups in total. The Kier molecular flexibility index (Phi) is 1.61. The summed E-state index contributed by atoms with van der Waals surface area (Å²) in [6.07, 6.45) is 2.08. The first-order valence-electron chi connectivity index (χ1n) is 4.18. The van der Waals surface area contributed by atoms with Gasteiger partial charge >= 0.3 is 0 Å². The summed E-state index contributed by atoms with van der Waals surface area (Å²) in [6.45, 7) is 2.09. The number of hydrogen-bond acceptors (Lipinski definition) is 2. The van der Waals surface area contributed by atoms with E-state index in [-0.39, 0.29) is 0 Å². The van der Waals surface area contributed by atoms with Gasteiger partial charge in [0.05, 0.1) is 5.71 Å². The van der Waals surface area contributed by atoms with Gasteiger partial charge in [0.15, 0.2) is 0 Å². The number of rotatable bonds is 0. The van der Waals surface area contributed by atoms with E-state index in [2.05, 4.69) is 30.2 Å². The van der Waals surface area contributed by atoms with Crippen molar-refractivity contribution < 1.29 is 0 Å². The van der Waals surface area contributed by atoms with E-state index in [0.717, 1.165) is 18.6 Å². The zero-order chi connectivity index (χ0) is 8.55. The first kappa shape index (κ1) is 7.35. The van der Waals surface area contributed by atoms with E-state index >= 15 is 0 Å². The van der Waals surface area contributed by atoms with Gasteiger partial charge in [0.1, 0.15) is 0 Å². The van der Waals surface area contributed by atoms with Gasteiger partial charge in [-0.05, 0) is 31.4 Å². The van der Waals surface area contributed by atoms with E-state index in [1.807, 2.05) is 0 Å². The van der Waals surface area contributed by atoms with Gasteiger partial charge in [-0.15, -0.1) is 0 Å². The number of fused-ring (bicyclic) bond motifs is 1. The fraction of sp³-hybridized carbons (Fsp3) is 0.300. The van der Waals surface area contributed by atoms with Gasteiger partial charge in [0, 0.05) is 5.56 Å². The average Bonchev–Trinajstić information content (AvgIpc) is 2.46. The zero-order valence-electron chi connectivity index (χ0n) is 7.17. The minimum absolute atomic E-state index is 0.995. The molecule has 1 aliphatic rings. The molecule has 0 amide bonds. The number of aryl methyl sites for hydroxylation is 2. The standard InChI is InChI=1S/C10H12N2/c1-7-2-3-8-4-5-10(12-11)9(8)6-7/h2-3,6H,4-5,11H2,1H3/b12-10-. The molecule has 1 aromatic carbocycles. The van der Waals surface area contributed by atoms with Crippen LogP contribution in [0.25, 0.3) is 0 Å². The van der Waals surface area contributed by atoms with Crippen LogP contribution in [0.1, 0.15) is 23.1 Å². The van der Waals surface area contributed by atoms with Gasteiger partial charge in [-0.25, -0.2) is 0 Å². The Morgan fingerprint density at radius 2 is 2.17 bits per heavy atom. The molecule has 2 rings (SSSR count). The average molecular weight is 160 g/mol. The SMILES string of the molecule is Cc1ccc2c(c1)/C(=N\N)CC2. The Bertz CT molecular complexity index is 340. The molecule has 62 valence electrons. The second kappa shape index (κ2) is 2.63. The summed E-state index contributed by atoms with van der Waals surface area (Å²) in [5.41, 5.74) is 4.95. The number of hydrazone groups is 1. The molecule has 0 bridgehead atoms. The minimum atomic E-state index is 0.995. The lowest BCUT2D eigenvalue weighted by atomic mass is 10.1. The topological polar surface area (TPSA) is 38.4 Å². The molecule has 2 heteroatoms. The maximum Gasteiger partial charge on any atom is 0.0678 e. The summed E-state index contributed by atoms with van der Waals surface area (Å²) in [7, 11) is 0. The van der Waals surface area contributed by atoms with E-state index in [1.54, 1.807) is 0 Å². The summed E-state index contributed by atoms with van der Waals surface area (Å²) >= 11 is 0. The van der Waals surface area contributed by atoms with E-state index in [0.29, 0.717) is 0 Å². The van der Waals surface area contributed by atoms with Crippen LogP contribution in [0, 0.1) is 6.92 Å². The van der Waals surface area contributed by atoms with Gasteiger partial charge in [0.25, 0.3) is 0 Å². The van der Waals surface area contributed by atoms with Gasteiger partial charge in [-0.3, -0.25) is 0 Å². The summed E-state index contributed by atoms with van der Waals surface area (Å²) in [5, 5.41) is 3.79. The molecule has 0 radical (unpaired) electrons. The Labute approximate surface area is 72.1 Å². The lowest BCUT2D eigenvalue weighted by Crippen LogP contribution is -1.98. The van der Waals surface area contributed by atoms with Crippen molar-refractivity contribution in [2.75, 3.05) is 0 Å². The van der Waals surface area contributed by atoms with Crippen LogP contribution in [0.4, 0.5) is 0 Å². The number of nitrogens with two attached hydrogens (primary N) is 1. The monoisotopic (exact) mass is 160 g/mol. The highest BCUT2D eigenvalue weighted by atomic mass is 15.1. The number of hydrogen-bond donors (Lipinski definition) is 1. The highest BCUT2D eigenvalue weighted by Gasteiger charge is 2.16. The highest BCUT2D eigenvalue weighted by molar-refractivity contribution is 6.04. The lowest BCUT2D eigenvalue weighted by molar-refractivity contribution is 1.08. The normalized spacial score (nSPS) is 18.2. The van der Waals surface area contributed by atoms with Crippen LogP contribution >= 0.6 is 0 Å². The number of nitrogens with zero attached hydrogens (tertiary/aromatic N) is 1. The van der Waals surface area contributed by atoms with Crippen LogP contribution in [0.15, 0.2) is 23.3 Å². The van der Waals surface area contributed by atoms with Crippen LogP contribution in [0.5, 0.6) is 0 Å². The third-order valence-corrected chi connectivity index (χ3v) is 2.36. The van der Waals surface area contributed by atoms with Crippen molar-refractivity contribution in [1.29, 1.82) is 0 Å². The summed E-state index contributed by atoms with van der Waals surface area (Å²) < 4.78 is 0. The Balaban J connectivity index is 2.57. The van der Waals surface area contributed by atoms with Crippen molar-refractivity contribution >= 4 is 5.71 Å². The molecule has 12 heavy (non-hydrogen) atoms. The van der Waals surface area contributed by atoms with Crippen molar-refractivity contribution in [3.8, 4) is 0 Å². The number of benzene rings is 1. The van der Waals surface area contributed by atoms with Gasteiger partial charge < -0.3 is 5.84 Å². The van der Waals surface area contributed by atoms with Crippen molar-refractivity contribution in [2.24, 2.45) is 10.9 Å². The Morgan fingerprint density at radius 3 is 2.92 bits per heavy atom. The second-order valence-electron chi connectivity index (χ2n) is 3.24. The third kappa shape index (κ3) is 0.998. The fourth-order valence-corrected chi connectivity index (χ4v) is 1.70. The van der Waals surface area contributed by atoms with Crippen LogP contribution in [-0.4, -0.2) is 5.71 Å². The molecule has 0 aliphatic heterocycles. The Hall–Kier alpha value is -1.31. The molecule has 0 heterocycles. The first-order chi connectivity index (χ1) is 5.81. The molecule has 0 unspecified atom stereocenters. The van der Waals surface area contributed by atoms with E-state index < -0.39 is 0 Å². The zero-order valence-corrected chi connectivity index (χ0v) is 7.17. The molecular weight excluding hydrogens is 148 g/mol. The van der Waals surface area contributed by atoms with Crippen molar-refractivity contribution in [2.45, 2.75) is 19.8 Å². The molecule has 0 fully saturated rings. The van der Waals surface area contributed by atoms with Gasteiger partial charge in [-0.1, -0.05) is 17.7 Å².